The van der Waals surface area contributed by atoms with Gasteiger partial charge in [0.05, 0.1) is 5.56 Å². The SMILES string of the molecule is Cc1cc(=O)oc2c(C[NH+]3CC(C)OC(C)C3)c(O)ccc12. The van der Waals surface area contributed by atoms with E-state index in [1.54, 1.807) is 12.1 Å². The molecule has 2 unspecified atom stereocenters. The lowest BCUT2D eigenvalue weighted by Crippen LogP contribution is -3.14. The maximum absolute atomic E-state index is 11.7. The van der Waals surface area contributed by atoms with Gasteiger partial charge in [-0.05, 0) is 38.5 Å². The van der Waals surface area contributed by atoms with Crippen molar-refractivity contribution in [2.45, 2.75) is 39.5 Å². The zero-order valence-corrected chi connectivity index (χ0v) is 13.2. The summed E-state index contributed by atoms with van der Waals surface area (Å²) < 4.78 is 11.1. The van der Waals surface area contributed by atoms with Crippen molar-refractivity contribution in [1.29, 1.82) is 0 Å². The second kappa shape index (κ2) is 5.74. The molecule has 1 aliphatic heterocycles. The van der Waals surface area contributed by atoms with Crippen molar-refractivity contribution in [3.8, 4) is 5.75 Å². The molecule has 118 valence electrons. The van der Waals surface area contributed by atoms with Crippen LogP contribution in [0.5, 0.6) is 5.75 Å². The molecule has 1 fully saturated rings. The minimum absolute atomic E-state index is 0.181. The number of aryl methyl sites for hydroxylation is 1. The number of fused-ring (bicyclic) bond motifs is 1. The minimum Gasteiger partial charge on any atom is -0.507 e. The molecule has 0 spiro atoms. The van der Waals surface area contributed by atoms with Crippen LogP contribution in [0.25, 0.3) is 11.0 Å². The number of hydrogen-bond donors (Lipinski definition) is 2. The van der Waals surface area contributed by atoms with Gasteiger partial charge in [0.25, 0.3) is 0 Å². The summed E-state index contributed by atoms with van der Waals surface area (Å²) >= 11 is 0. The summed E-state index contributed by atoms with van der Waals surface area (Å²) in [5.41, 5.74) is 1.70. The van der Waals surface area contributed by atoms with E-state index in [0.29, 0.717) is 17.7 Å². The molecule has 0 aliphatic carbocycles. The molecular weight excluding hydrogens is 282 g/mol. The highest BCUT2D eigenvalue weighted by atomic mass is 16.5. The van der Waals surface area contributed by atoms with Crippen molar-refractivity contribution < 1.29 is 19.2 Å². The fourth-order valence-electron chi connectivity index (χ4n) is 3.38. The van der Waals surface area contributed by atoms with Crippen LogP contribution in [-0.4, -0.2) is 30.4 Å². The smallest absolute Gasteiger partial charge is 0.336 e. The van der Waals surface area contributed by atoms with Gasteiger partial charge in [0, 0.05) is 11.5 Å². The van der Waals surface area contributed by atoms with Crippen LogP contribution in [-0.2, 0) is 11.3 Å². The van der Waals surface area contributed by atoms with E-state index in [9.17, 15) is 9.90 Å². The van der Waals surface area contributed by atoms with Crippen LogP contribution in [0.1, 0.15) is 25.0 Å². The Morgan fingerprint density at radius 3 is 2.64 bits per heavy atom. The van der Waals surface area contributed by atoms with E-state index < -0.39 is 0 Å². The monoisotopic (exact) mass is 304 g/mol. The normalized spacial score (nSPS) is 25.5. The topological polar surface area (TPSA) is 64.1 Å². The zero-order chi connectivity index (χ0) is 15.9. The van der Waals surface area contributed by atoms with Crippen LogP contribution in [0.4, 0.5) is 0 Å². The molecule has 0 amide bonds. The van der Waals surface area contributed by atoms with Gasteiger partial charge in [-0.2, -0.15) is 0 Å². The van der Waals surface area contributed by atoms with Gasteiger partial charge in [-0.25, -0.2) is 4.79 Å². The molecule has 0 saturated carbocycles. The van der Waals surface area contributed by atoms with Gasteiger partial charge in [0.1, 0.15) is 37.6 Å². The molecule has 2 heterocycles. The number of quaternary nitrogens is 1. The Bertz CT molecular complexity index is 742. The molecule has 1 aromatic heterocycles. The predicted octanol–water partition coefficient (Wildman–Crippen LogP) is 0.999. The molecule has 3 rings (SSSR count). The number of hydrogen-bond acceptors (Lipinski definition) is 4. The third-order valence-electron chi connectivity index (χ3n) is 4.24. The van der Waals surface area contributed by atoms with E-state index in [1.165, 1.54) is 11.0 Å². The molecule has 22 heavy (non-hydrogen) atoms. The Balaban J connectivity index is 2.02. The highest BCUT2D eigenvalue weighted by Gasteiger charge is 2.27. The number of benzene rings is 1. The first-order valence-corrected chi connectivity index (χ1v) is 7.68. The maximum atomic E-state index is 11.7. The summed E-state index contributed by atoms with van der Waals surface area (Å²) in [4.78, 5) is 13.0. The van der Waals surface area contributed by atoms with Gasteiger partial charge in [-0.1, -0.05) is 0 Å². The van der Waals surface area contributed by atoms with Crippen molar-refractivity contribution >= 4 is 11.0 Å². The second-order valence-corrected chi connectivity index (χ2v) is 6.28. The predicted molar refractivity (Wildman–Crippen MR) is 83.3 cm³/mol. The number of aromatic hydroxyl groups is 1. The van der Waals surface area contributed by atoms with Crippen molar-refractivity contribution in [1.82, 2.24) is 0 Å². The van der Waals surface area contributed by atoms with Crippen molar-refractivity contribution in [3.63, 3.8) is 0 Å². The molecular formula is C17H22NO4+. The average molecular weight is 304 g/mol. The van der Waals surface area contributed by atoms with Crippen LogP contribution in [0.15, 0.2) is 27.4 Å². The van der Waals surface area contributed by atoms with Crippen LogP contribution in [0, 0.1) is 6.92 Å². The number of phenolic OH excluding ortho intramolecular Hbond substituents is 1. The first-order valence-electron chi connectivity index (χ1n) is 7.68. The fraction of sp³-hybridized carbons (Fsp3) is 0.471. The Hall–Kier alpha value is -1.85. The largest absolute Gasteiger partial charge is 0.507 e. The first-order chi connectivity index (χ1) is 10.4. The van der Waals surface area contributed by atoms with Gasteiger partial charge in [-0.15, -0.1) is 0 Å². The van der Waals surface area contributed by atoms with E-state index >= 15 is 0 Å². The average Bonchev–Trinajstić information content (AvgIpc) is 2.41. The fourth-order valence-corrected chi connectivity index (χ4v) is 3.38. The summed E-state index contributed by atoms with van der Waals surface area (Å²) in [6, 6.07) is 4.96. The van der Waals surface area contributed by atoms with Crippen molar-refractivity contribution in [2.24, 2.45) is 0 Å². The number of ether oxygens (including phenoxy) is 1. The zero-order valence-electron chi connectivity index (χ0n) is 13.2. The Labute approximate surface area is 129 Å². The van der Waals surface area contributed by atoms with Crippen molar-refractivity contribution in [3.05, 3.63) is 39.7 Å². The Morgan fingerprint density at radius 1 is 1.27 bits per heavy atom. The Kier molecular flexibility index (Phi) is 3.93. The van der Waals surface area contributed by atoms with Gasteiger partial charge in [0.2, 0.25) is 0 Å². The Morgan fingerprint density at radius 2 is 1.95 bits per heavy atom. The van der Waals surface area contributed by atoms with Crippen LogP contribution in [0.2, 0.25) is 0 Å². The van der Waals surface area contributed by atoms with E-state index in [-0.39, 0.29) is 23.6 Å². The maximum Gasteiger partial charge on any atom is 0.336 e. The molecule has 2 atom stereocenters. The molecule has 5 heteroatoms. The minimum atomic E-state index is -0.379. The summed E-state index contributed by atoms with van der Waals surface area (Å²) in [6.07, 6.45) is 0.370. The van der Waals surface area contributed by atoms with Gasteiger partial charge in [-0.3, -0.25) is 0 Å². The molecule has 5 nitrogen and oxygen atoms in total. The quantitative estimate of drug-likeness (QED) is 0.813. The molecule has 1 aromatic carbocycles. The van der Waals surface area contributed by atoms with E-state index in [0.717, 1.165) is 24.0 Å². The standard InChI is InChI=1S/C17H21NO4/c1-10-6-16(20)22-17-13(10)4-5-15(19)14(17)9-18-7-11(2)21-12(3)8-18/h4-6,11-12,19H,7-9H2,1-3H3/p+1. The van der Waals surface area contributed by atoms with Crippen molar-refractivity contribution in [2.75, 3.05) is 13.1 Å². The summed E-state index contributed by atoms with van der Waals surface area (Å²) in [5.74, 6) is 0.181. The van der Waals surface area contributed by atoms with Gasteiger partial charge >= 0.3 is 5.63 Å². The second-order valence-electron chi connectivity index (χ2n) is 6.28. The summed E-state index contributed by atoms with van der Waals surface area (Å²) in [6.45, 7) is 8.36. The van der Waals surface area contributed by atoms with Crippen LogP contribution >= 0.6 is 0 Å². The van der Waals surface area contributed by atoms with E-state index in [1.807, 2.05) is 6.92 Å². The molecule has 0 bridgehead atoms. The molecule has 1 aliphatic rings. The van der Waals surface area contributed by atoms with Crippen LogP contribution < -0.4 is 10.5 Å². The first kappa shape index (κ1) is 15.1. The molecule has 2 N–H and O–H groups in total. The number of morpholine rings is 1. The highest BCUT2D eigenvalue weighted by Crippen LogP contribution is 2.27. The number of nitrogens with one attached hydrogen (secondary N) is 1. The van der Waals surface area contributed by atoms with E-state index in [4.69, 9.17) is 9.15 Å². The molecule has 1 saturated heterocycles. The molecule has 0 radical (unpaired) electrons. The lowest BCUT2D eigenvalue weighted by Gasteiger charge is -2.32. The molecule has 2 aromatic rings. The number of rotatable bonds is 2. The van der Waals surface area contributed by atoms with Crippen LogP contribution in [0.3, 0.4) is 0 Å². The lowest BCUT2D eigenvalue weighted by molar-refractivity contribution is -0.928. The third-order valence-corrected chi connectivity index (χ3v) is 4.24. The number of phenols is 1. The summed E-state index contributed by atoms with van der Waals surface area (Å²) in [5, 5.41) is 11.1. The highest BCUT2D eigenvalue weighted by molar-refractivity contribution is 5.84. The third kappa shape index (κ3) is 2.87. The van der Waals surface area contributed by atoms with E-state index in [2.05, 4.69) is 13.8 Å². The van der Waals surface area contributed by atoms with Gasteiger partial charge < -0.3 is 19.2 Å². The summed E-state index contributed by atoms with van der Waals surface area (Å²) in [7, 11) is 0. The van der Waals surface area contributed by atoms with Gasteiger partial charge in [0.15, 0.2) is 5.58 Å². The lowest BCUT2D eigenvalue weighted by atomic mass is 10.1.